The quantitative estimate of drug-likeness (QED) is 0.780. The second-order valence-electron chi connectivity index (χ2n) is 6.13. The molecule has 1 aliphatic carbocycles. The normalized spacial score (nSPS) is 21.4. The van der Waals surface area contributed by atoms with Gasteiger partial charge in [0.1, 0.15) is 5.82 Å². The van der Waals surface area contributed by atoms with Crippen molar-refractivity contribution in [2.24, 2.45) is 0 Å². The highest BCUT2D eigenvalue weighted by atomic mass is 16.3. The Morgan fingerprint density at radius 1 is 1.04 bits per heavy atom. The zero-order chi connectivity index (χ0) is 15.6. The fourth-order valence-corrected chi connectivity index (χ4v) is 3.24. The average Bonchev–Trinajstić information content (AvgIpc) is 3.01. The van der Waals surface area contributed by atoms with E-state index in [2.05, 4.69) is 38.1 Å². The molecule has 2 N–H and O–H groups in total. The first-order valence-electron chi connectivity index (χ1n) is 8.14. The summed E-state index contributed by atoms with van der Waals surface area (Å²) >= 11 is 0. The van der Waals surface area contributed by atoms with Gasteiger partial charge in [0.15, 0.2) is 0 Å². The molecule has 1 fully saturated rings. The molecule has 5 nitrogen and oxygen atoms in total. The van der Waals surface area contributed by atoms with Crippen LogP contribution in [-0.4, -0.2) is 31.8 Å². The van der Waals surface area contributed by atoms with E-state index in [1.807, 2.05) is 24.4 Å². The molecule has 0 unspecified atom stereocenters. The van der Waals surface area contributed by atoms with Crippen molar-refractivity contribution in [2.75, 3.05) is 5.32 Å². The lowest BCUT2D eigenvalue weighted by Gasteiger charge is -2.26. The van der Waals surface area contributed by atoms with Gasteiger partial charge in [0, 0.05) is 18.4 Å². The number of nitrogens with one attached hydrogen (secondary N) is 1. The molecular formula is C18H20N4O. The van der Waals surface area contributed by atoms with E-state index < -0.39 is 0 Å². The van der Waals surface area contributed by atoms with E-state index in [0.717, 1.165) is 37.0 Å². The van der Waals surface area contributed by atoms with E-state index in [0.29, 0.717) is 12.0 Å². The predicted octanol–water partition coefficient (Wildman–Crippen LogP) is 3.14. The third kappa shape index (κ3) is 2.92. The minimum Gasteiger partial charge on any atom is -0.393 e. The molecule has 0 atom stereocenters. The van der Waals surface area contributed by atoms with E-state index in [4.69, 9.17) is 0 Å². The van der Waals surface area contributed by atoms with Gasteiger partial charge in [-0.3, -0.25) is 0 Å². The third-order valence-corrected chi connectivity index (χ3v) is 4.52. The van der Waals surface area contributed by atoms with Crippen LogP contribution in [-0.2, 0) is 0 Å². The van der Waals surface area contributed by atoms with Crippen molar-refractivity contribution in [3.8, 4) is 5.82 Å². The maximum Gasteiger partial charge on any atom is 0.224 e. The summed E-state index contributed by atoms with van der Waals surface area (Å²) in [4.78, 5) is 9.00. The second kappa shape index (κ2) is 6.01. The Bertz CT molecular complexity index is 805. The Labute approximate surface area is 135 Å². The number of fused-ring (bicyclic) bond motifs is 1. The highest BCUT2D eigenvalue weighted by Gasteiger charge is 2.19. The van der Waals surface area contributed by atoms with Gasteiger partial charge in [-0.15, -0.1) is 0 Å². The fraction of sp³-hybridized carbons (Fsp3) is 0.333. The summed E-state index contributed by atoms with van der Waals surface area (Å²) in [6, 6.07) is 12.6. The highest BCUT2D eigenvalue weighted by molar-refractivity contribution is 5.81. The molecule has 0 amide bonds. The van der Waals surface area contributed by atoms with Gasteiger partial charge in [0.2, 0.25) is 5.95 Å². The number of hydrogen-bond donors (Lipinski definition) is 2. The minimum absolute atomic E-state index is 0.147. The van der Waals surface area contributed by atoms with Crippen LogP contribution < -0.4 is 5.32 Å². The molecule has 0 spiro atoms. The number of hydrogen-bond acceptors (Lipinski definition) is 4. The molecule has 118 valence electrons. The standard InChI is InChI=1S/C18H20N4O/c23-15-7-5-14(6-8-15)20-18-19-11-9-17(21-18)22-12-10-13-3-1-2-4-16(13)22/h1-4,9-12,14-15,23H,5-8H2,(H,19,20,21). The van der Waals surface area contributed by atoms with Gasteiger partial charge in [0.05, 0.1) is 11.6 Å². The van der Waals surface area contributed by atoms with Crippen LogP contribution in [0.3, 0.4) is 0 Å². The van der Waals surface area contributed by atoms with Gasteiger partial charge in [0.25, 0.3) is 0 Å². The highest BCUT2D eigenvalue weighted by Crippen LogP contribution is 2.22. The molecule has 0 radical (unpaired) electrons. The van der Waals surface area contributed by atoms with Crippen molar-refractivity contribution in [3.05, 3.63) is 48.8 Å². The van der Waals surface area contributed by atoms with Crippen molar-refractivity contribution in [1.82, 2.24) is 14.5 Å². The summed E-state index contributed by atoms with van der Waals surface area (Å²) in [7, 11) is 0. The molecule has 5 heteroatoms. The number of para-hydroxylation sites is 1. The van der Waals surface area contributed by atoms with Crippen molar-refractivity contribution in [2.45, 2.75) is 37.8 Å². The summed E-state index contributed by atoms with van der Waals surface area (Å²) in [5.74, 6) is 1.52. The molecule has 0 saturated heterocycles. The molecule has 23 heavy (non-hydrogen) atoms. The number of aliphatic hydroxyl groups is 1. The van der Waals surface area contributed by atoms with E-state index >= 15 is 0 Å². The fourth-order valence-electron chi connectivity index (χ4n) is 3.24. The topological polar surface area (TPSA) is 63.0 Å². The van der Waals surface area contributed by atoms with Crippen molar-refractivity contribution < 1.29 is 5.11 Å². The van der Waals surface area contributed by atoms with Crippen molar-refractivity contribution in [1.29, 1.82) is 0 Å². The molecule has 0 bridgehead atoms. The predicted molar refractivity (Wildman–Crippen MR) is 90.8 cm³/mol. The largest absolute Gasteiger partial charge is 0.393 e. The summed E-state index contributed by atoms with van der Waals surface area (Å²) in [5, 5.41) is 14.2. The SMILES string of the molecule is OC1CCC(Nc2nccc(-n3ccc4ccccc43)n2)CC1. The maximum absolute atomic E-state index is 9.60. The van der Waals surface area contributed by atoms with Crippen molar-refractivity contribution >= 4 is 16.9 Å². The summed E-state index contributed by atoms with van der Waals surface area (Å²) < 4.78 is 2.08. The van der Waals surface area contributed by atoms with E-state index in [9.17, 15) is 5.11 Å². The molecule has 3 aromatic rings. The van der Waals surface area contributed by atoms with Gasteiger partial charge in [-0.1, -0.05) is 18.2 Å². The van der Waals surface area contributed by atoms with Crippen LogP contribution >= 0.6 is 0 Å². The first kappa shape index (κ1) is 14.2. The maximum atomic E-state index is 9.60. The molecular weight excluding hydrogens is 288 g/mol. The van der Waals surface area contributed by atoms with Gasteiger partial charge in [-0.05, 0) is 49.3 Å². The van der Waals surface area contributed by atoms with Crippen LogP contribution in [0.1, 0.15) is 25.7 Å². The molecule has 4 rings (SSSR count). The zero-order valence-corrected chi connectivity index (χ0v) is 12.9. The lowest BCUT2D eigenvalue weighted by molar-refractivity contribution is 0.126. The zero-order valence-electron chi connectivity index (χ0n) is 12.9. The summed E-state index contributed by atoms with van der Waals surface area (Å²) in [5.41, 5.74) is 1.14. The van der Waals surface area contributed by atoms with Crippen LogP contribution in [0.2, 0.25) is 0 Å². The van der Waals surface area contributed by atoms with Gasteiger partial charge in [-0.25, -0.2) is 4.98 Å². The molecule has 0 aliphatic heterocycles. The Morgan fingerprint density at radius 3 is 2.74 bits per heavy atom. The number of aromatic nitrogens is 3. The second-order valence-corrected chi connectivity index (χ2v) is 6.13. The summed E-state index contributed by atoms with van der Waals surface area (Å²) in [6.45, 7) is 0. The number of benzene rings is 1. The Kier molecular flexibility index (Phi) is 3.71. The molecule has 2 heterocycles. The Hall–Kier alpha value is -2.40. The van der Waals surface area contributed by atoms with Crippen LogP contribution in [0.15, 0.2) is 48.8 Å². The van der Waals surface area contributed by atoms with Gasteiger partial charge in [-0.2, -0.15) is 4.98 Å². The third-order valence-electron chi connectivity index (χ3n) is 4.52. The van der Waals surface area contributed by atoms with E-state index in [1.54, 1.807) is 6.20 Å². The lowest BCUT2D eigenvalue weighted by Crippen LogP contribution is -2.29. The van der Waals surface area contributed by atoms with E-state index in [-0.39, 0.29) is 6.10 Å². The van der Waals surface area contributed by atoms with Crippen LogP contribution in [0.5, 0.6) is 0 Å². The smallest absolute Gasteiger partial charge is 0.224 e. The molecule has 2 aromatic heterocycles. The van der Waals surface area contributed by atoms with Gasteiger partial charge < -0.3 is 15.0 Å². The molecule has 1 aromatic carbocycles. The molecule has 1 saturated carbocycles. The lowest BCUT2D eigenvalue weighted by atomic mass is 9.93. The molecule has 1 aliphatic rings. The van der Waals surface area contributed by atoms with Crippen molar-refractivity contribution in [3.63, 3.8) is 0 Å². The number of aliphatic hydroxyl groups excluding tert-OH is 1. The van der Waals surface area contributed by atoms with E-state index in [1.165, 1.54) is 5.39 Å². The monoisotopic (exact) mass is 308 g/mol. The Balaban J connectivity index is 1.59. The first-order chi connectivity index (χ1) is 11.3. The number of nitrogens with zero attached hydrogens (tertiary/aromatic N) is 3. The summed E-state index contributed by atoms with van der Waals surface area (Å²) in [6.07, 6.45) is 7.29. The number of rotatable bonds is 3. The minimum atomic E-state index is -0.147. The van der Waals surface area contributed by atoms with Gasteiger partial charge >= 0.3 is 0 Å². The van der Waals surface area contributed by atoms with Crippen LogP contribution in [0.4, 0.5) is 5.95 Å². The Morgan fingerprint density at radius 2 is 1.87 bits per heavy atom. The first-order valence-corrected chi connectivity index (χ1v) is 8.14. The van der Waals surface area contributed by atoms with Crippen LogP contribution in [0.25, 0.3) is 16.7 Å². The number of anilines is 1. The van der Waals surface area contributed by atoms with Crippen LogP contribution in [0, 0.1) is 0 Å². The average molecular weight is 308 g/mol.